The first-order chi connectivity index (χ1) is 10.1. The Morgan fingerprint density at radius 3 is 2.67 bits per heavy atom. The van der Waals surface area contributed by atoms with Gasteiger partial charge < -0.3 is 5.11 Å². The highest BCUT2D eigenvalue weighted by Gasteiger charge is 2.87. The van der Waals surface area contributed by atoms with Crippen molar-refractivity contribution in [3.63, 3.8) is 0 Å². The van der Waals surface area contributed by atoms with Crippen molar-refractivity contribution in [1.29, 1.82) is 0 Å². The van der Waals surface area contributed by atoms with Crippen LogP contribution in [-0.2, 0) is 9.59 Å². The first kappa shape index (κ1) is 12.6. The van der Waals surface area contributed by atoms with Crippen molar-refractivity contribution in [3.05, 3.63) is 11.8 Å². The van der Waals surface area contributed by atoms with Gasteiger partial charge in [0.15, 0.2) is 0 Å². The lowest BCUT2D eigenvalue weighted by molar-refractivity contribution is -0.236. The number of thioether (sulfide) groups is 1. The molecule has 0 aromatic carbocycles. The molecule has 3 saturated carbocycles. The maximum atomic E-state index is 13.0. The Morgan fingerprint density at radius 1 is 1.29 bits per heavy atom. The average molecular weight is 305 g/mol. The number of hydrogen-bond acceptors (Lipinski definition) is 3. The van der Waals surface area contributed by atoms with E-state index in [0.717, 1.165) is 11.7 Å². The van der Waals surface area contributed by atoms with Crippen molar-refractivity contribution < 1.29 is 14.7 Å². The normalized spacial score (nSPS) is 45.3. The van der Waals surface area contributed by atoms with Gasteiger partial charge in [0, 0.05) is 5.75 Å². The largest absolute Gasteiger partial charge is 0.477 e. The van der Waals surface area contributed by atoms with Gasteiger partial charge in [-0.15, -0.1) is 11.8 Å². The molecule has 2 heterocycles. The number of amides is 1. The number of aliphatic carboxylic acids is 1. The summed E-state index contributed by atoms with van der Waals surface area (Å²) in [5.41, 5.74) is 0.284. The lowest BCUT2D eigenvalue weighted by Crippen LogP contribution is -2.81. The number of rotatable bonds is 1. The Balaban J connectivity index is 1.56. The van der Waals surface area contributed by atoms with E-state index in [2.05, 4.69) is 0 Å². The molecule has 5 rings (SSSR count). The fourth-order valence-electron chi connectivity index (χ4n) is 6.13. The van der Waals surface area contributed by atoms with E-state index in [1.54, 1.807) is 22.7 Å². The van der Waals surface area contributed by atoms with Gasteiger partial charge in [-0.3, -0.25) is 9.69 Å². The first-order valence-electron chi connectivity index (χ1n) is 8.03. The van der Waals surface area contributed by atoms with Crippen LogP contribution in [0.3, 0.4) is 0 Å². The third-order valence-electron chi connectivity index (χ3n) is 6.88. The van der Waals surface area contributed by atoms with E-state index < -0.39 is 5.97 Å². The number of carboxylic acids is 1. The van der Waals surface area contributed by atoms with E-state index in [-0.39, 0.29) is 27.8 Å². The first-order valence-corrected chi connectivity index (χ1v) is 9.08. The molecule has 0 radical (unpaired) electrons. The van der Waals surface area contributed by atoms with Crippen molar-refractivity contribution in [2.75, 3.05) is 5.75 Å². The Morgan fingerprint density at radius 2 is 2.00 bits per heavy atom. The molecule has 3 aliphatic carbocycles. The predicted molar refractivity (Wildman–Crippen MR) is 78.4 cm³/mol. The molecule has 4 fully saturated rings. The third-order valence-corrected chi connectivity index (χ3v) is 8.14. The van der Waals surface area contributed by atoms with Crippen LogP contribution in [0.5, 0.6) is 0 Å². The second kappa shape index (κ2) is 3.67. The minimum atomic E-state index is -0.951. The highest BCUT2D eigenvalue weighted by Crippen LogP contribution is 2.85. The van der Waals surface area contributed by atoms with Gasteiger partial charge >= 0.3 is 5.97 Å². The van der Waals surface area contributed by atoms with Crippen molar-refractivity contribution >= 4 is 23.6 Å². The Bertz CT molecular complexity index is 596. The van der Waals surface area contributed by atoms with Gasteiger partial charge in [-0.05, 0) is 49.0 Å². The predicted octanol–water partition coefficient (Wildman–Crippen LogP) is 2.46. The summed E-state index contributed by atoms with van der Waals surface area (Å²) in [6.45, 7) is 0. The molecular weight excluding hydrogens is 286 g/mol. The van der Waals surface area contributed by atoms with Crippen LogP contribution in [0.15, 0.2) is 11.8 Å². The van der Waals surface area contributed by atoms with Crippen molar-refractivity contribution in [2.45, 2.75) is 43.9 Å². The summed E-state index contributed by atoms with van der Waals surface area (Å²) in [6, 6.07) is 0. The standard InChI is InChI=1S/C16H19NO3S/c18-12(19)11-5-8-21-14-16(13(20)17(11)14)10-4-2-1-3-9(10)15(16)6-7-15/h5,9-10,14H,1-4,6-8H2,(H,18,19)/t9?,10?,14-,16?/m0/s1. The summed E-state index contributed by atoms with van der Waals surface area (Å²) in [5.74, 6) is 1.19. The zero-order chi connectivity index (χ0) is 14.4. The van der Waals surface area contributed by atoms with Crippen LogP contribution in [0.1, 0.15) is 38.5 Å². The van der Waals surface area contributed by atoms with Gasteiger partial charge in [0.25, 0.3) is 0 Å². The molecular formula is C16H19NO3S. The minimum absolute atomic E-state index is 0.1000. The van der Waals surface area contributed by atoms with Crippen molar-refractivity contribution in [1.82, 2.24) is 4.90 Å². The number of fused-ring (bicyclic) bond motifs is 6. The van der Waals surface area contributed by atoms with E-state index >= 15 is 0 Å². The summed E-state index contributed by atoms with van der Waals surface area (Å²) in [5, 5.41) is 9.45. The second-order valence-electron chi connectivity index (χ2n) is 7.28. The number of nitrogens with zero attached hydrogens (tertiary/aromatic N) is 1. The van der Waals surface area contributed by atoms with E-state index in [9.17, 15) is 14.7 Å². The molecule has 3 unspecified atom stereocenters. The summed E-state index contributed by atoms with van der Waals surface area (Å²) in [4.78, 5) is 26.0. The SMILES string of the molecule is O=C(O)C1=CCS[C@@H]2N1C(=O)C21C2CCCCC2C12CC2. The zero-order valence-corrected chi connectivity index (χ0v) is 12.7. The molecule has 1 N–H and O–H groups in total. The smallest absolute Gasteiger partial charge is 0.352 e. The van der Waals surface area contributed by atoms with Crippen LogP contribution in [0.25, 0.3) is 0 Å². The molecule has 0 bridgehead atoms. The number of carbonyl (C=O) groups is 2. The molecule has 1 amide bonds. The summed E-state index contributed by atoms with van der Waals surface area (Å²) in [6.07, 6.45) is 9.10. The summed E-state index contributed by atoms with van der Waals surface area (Å²) < 4.78 is 0. The highest BCUT2D eigenvalue weighted by molar-refractivity contribution is 8.00. The molecule has 4 nitrogen and oxygen atoms in total. The molecule has 112 valence electrons. The number of carbonyl (C=O) groups excluding carboxylic acids is 1. The monoisotopic (exact) mass is 305 g/mol. The fourth-order valence-corrected chi connectivity index (χ4v) is 7.70. The van der Waals surface area contributed by atoms with Gasteiger partial charge in [-0.1, -0.05) is 12.8 Å². The Hall–Kier alpha value is -0.970. The van der Waals surface area contributed by atoms with Crippen molar-refractivity contribution in [3.8, 4) is 0 Å². The maximum Gasteiger partial charge on any atom is 0.352 e. The van der Waals surface area contributed by atoms with E-state index in [4.69, 9.17) is 0 Å². The minimum Gasteiger partial charge on any atom is -0.477 e. The number of hydrogen-bond donors (Lipinski definition) is 1. The van der Waals surface area contributed by atoms with Crippen LogP contribution in [-0.4, -0.2) is 33.0 Å². The molecule has 21 heavy (non-hydrogen) atoms. The molecule has 1 saturated heterocycles. The Kier molecular flexibility index (Phi) is 2.20. The van der Waals surface area contributed by atoms with Crippen LogP contribution >= 0.6 is 11.8 Å². The zero-order valence-electron chi connectivity index (χ0n) is 11.9. The number of β-lactam (4-membered cyclic amide) rings is 1. The van der Waals surface area contributed by atoms with Crippen molar-refractivity contribution in [2.24, 2.45) is 22.7 Å². The van der Waals surface area contributed by atoms with Crippen LogP contribution in [0.4, 0.5) is 0 Å². The molecule has 2 aliphatic heterocycles. The number of carboxylic acid groups (broad SMARTS) is 1. The second-order valence-corrected chi connectivity index (χ2v) is 8.39. The lowest BCUT2D eigenvalue weighted by Gasteiger charge is -2.73. The van der Waals surface area contributed by atoms with Crippen LogP contribution in [0, 0.1) is 22.7 Å². The summed E-state index contributed by atoms with van der Waals surface area (Å²) in [7, 11) is 0. The van der Waals surface area contributed by atoms with E-state index in [1.165, 1.54) is 38.5 Å². The molecule has 5 heteroatoms. The fraction of sp³-hybridized carbons (Fsp3) is 0.750. The van der Waals surface area contributed by atoms with E-state index in [0.29, 0.717) is 5.92 Å². The molecule has 0 aromatic rings. The Labute approximate surface area is 127 Å². The van der Waals surface area contributed by atoms with Gasteiger partial charge in [0.1, 0.15) is 5.70 Å². The quantitative estimate of drug-likeness (QED) is 0.756. The highest BCUT2D eigenvalue weighted by atomic mass is 32.2. The lowest BCUT2D eigenvalue weighted by atomic mass is 9.37. The van der Waals surface area contributed by atoms with Crippen LogP contribution < -0.4 is 0 Å². The maximum absolute atomic E-state index is 13.0. The molecule has 4 atom stereocenters. The topological polar surface area (TPSA) is 57.6 Å². The summed E-state index contributed by atoms with van der Waals surface area (Å²) >= 11 is 1.78. The van der Waals surface area contributed by atoms with E-state index in [1.807, 2.05) is 0 Å². The van der Waals surface area contributed by atoms with Gasteiger partial charge in [0.05, 0.1) is 10.8 Å². The molecule has 5 aliphatic rings. The van der Waals surface area contributed by atoms with Gasteiger partial charge in [-0.25, -0.2) is 4.79 Å². The van der Waals surface area contributed by atoms with Gasteiger partial charge in [-0.2, -0.15) is 0 Å². The molecule has 0 aromatic heterocycles. The van der Waals surface area contributed by atoms with Crippen LogP contribution in [0.2, 0.25) is 0 Å². The van der Waals surface area contributed by atoms with Gasteiger partial charge in [0.2, 0.25) is 5.91 Å². The molecule has 2 spiro atoms. The average Bonchev–Trinajstić information content (AvgIpc) is 3.29. The third kappa shape index (κ3) is 1.13.